The number of rotatable bonds is 6. The summed E-state index contributed by atoms with van der Waals surface area (Å²) in [5, 5.41) is 2.31. The molecule has 0 aliphatic carbocycles. The molecule has 2 aromatic rings. The van der Waals surface area contributed by atoms with Crippen LogP contribution in [0.15, 0.2) is 71.9 Å². The standard InChI is InChI=1S/C23H21ClN2O4S/c1-14(27)25-18-21(28)26-19(17(12-24)13-31-22(18)26)23(29)30-20(15-8-4-2-5-9-15)16-10-6-3-7-11-16/h2-11,18,20,22H,12-13H2,1H3,(H,25,27)/t18-,22-/m1/s1. The molecule has 2 amide bonds. The summed E-state index contributed by atoms with van der Waals surface area (Å²) in [5.74, 6) is -0.630. The summed E-state index contributed by atoms with van der Waals surface area (Å²) in [7, 11) is 0. The number of β-lactam (4-membered cyclic amide) rings is 1. The van der Waals surface area contributed by atoms with E-state index in [4.69, 9.17) is 16.3 Å². The van der Waals surface area contributed by atoms with Gasteiger partial charge in [-0.25, -0.2) is 4.79 Å². The molecule has 2 aliphatic rings. The zero-order valence-electron chi connectivity index (χ0n) is 16.8. The zero-order valence-corrected chi connectivity index (χ0v) is 18.4. The Kier molecular flexibility index (Phi) is 6.34. The molecular formula is C23H21ClN2O4S. The molecule has 2 heterocycles. The number of hydrogen-bond acceptors (Lipinski definition) is 5. The highest BCUT2D eigenvalue weighted by Crippen LogP contribution is 2.41. The quantitative estimate of drug-likeness (QED) is 0.410. The second kappa shape index (κ2) is 9.16. The highest BCUT2D eigenvalue weighted by atomic mass is 35.5. The van der Waals surface area contributed by atoms with Crippen LogP contribution in [0.4, 0.5) is 0 Å². The van der Waals surface area contributed by atoms with Crippen LogP contribution in [0.2, 0.25) is 0 Å². The molecule has 1 fully saturated rings. The first-order chi connectivity index (χ1) is 15.0. The van der Waals surface area contributed by atoms with E-state index < -0.39 is 18.1 Å². The Morgan fingerprint density at radius 1 is 1.13 bits per heavy atom. The maximum Gasteiger partial charge on any atom is 0.356 e. The van der Waals surface area contributed by atoms with Crippen LogP contribution < -0.4 is 5.32 Å². The molecule has 8 heteroatoms. The van der Waals surface area contributed by atoms with Gasteiger partial charge in [0.05, 0.1) is 0 Å². The molecule has 160 valence electrons. The van der Waals surface area contributed by atoms with Gasteiger partial charge in [0, 0.05) is 18.6 Å². The first-order valence-electron chi connectivity index (χ1n) is 9.82. The first-order valence-corrected chi connectivity index (χ1v) is 11.4. The van der Waals surface area contributed by atoms with Gasteiger partial charge in [-0.3, -0.25) is 14.5 Å². The fourth-order valence-corrected chi connectivity index (χ4v) is 5.42. The second-order valence-electron chi connectivity index (χ2n) is 7.28. The van der Waals surface area contributed by atoms with Crippen LogP contribution >= 0.6 is 23.4 Å². The number of ether oxygens (including phenoxy) is 1. The number of amides is 2. The lowest BCUT2D eigenvalue weighted by molar-refractivity contribution is -0.154. The van der Waals surface area contributed by atoms with Crippen molar-refractivity contribution in [3.63, 3.8) is 0 Å². The number of nitrogens with zero attached hydrogens (tertiary/aromatic N) is 1. The first kappa shape index (κ1) is 21.5. The summed E-state index contributed by atoms with van der Waals surface area (Å²) < 4.78 is 5.97. The van der Waals surface area contributed by atoms with Crippen molar-refractivity contribution in [1.29, 1.82) is 0 Å². The van der Waals surface area contributed by atoms with Crippen LogP contribution in [-0.2, 0) is 19.1 Å². The molecule has 31 heavy (non-hydrogen) atoms. The molecule has 1 saturated heterocycles. The van der Waals surface area contributed by atoms with Gasteiger partial charge >= 0.3 is 5.97 Å². The van der Waals surface area contributed by atoms with Crippen molar-refractivity contribution in [3.05, 3.63) is 83.1 Å². The van der Waals surface area contributed by atoms with Crippen molar-refractivity contribution in [2.24, 2.45) is 0 Å². The fourth-order valence-electron chi connectivity index (χ4n) is 3.74. The Balaban J connectivity index is 1.64. The predicted molar refractivity (Wildman–Crippen MR) is 119 cm³/mol. The molecular weight excluding hydrogens is 436 g/mol. The van der Waals surface area contributed by atoms with Gasteiger partial charge in [0.1, 0.15) is 17.1 Å². The molecule has 2 aliphatic heterocycles. The normalized spacial score (nSPS) is 20.2. The Morgan fingerprint density at radius 2 is 1.71 bits per heavy atom. The van der Waals surface area contributed by atoms with Gasteiger partial charge in [0.2, 0.25) is 5.91 Å². The third-order valence-electron chi connectivity index (χ3n) is 5.19. The zero-order chi connectivity index (χ0) is 22.0. The lowest BCUT2D eigenvalue weighted by Crippen LogP contribution is -2.70. The Labute approximate surface area is 189 Å². The number of halogens is 1. The van der Waals surface area contributed by atoms with Crippen molar-refractivity contribution in [1.82, 2.24) is 10.2 Å². The number of alkyl halides is 1. The van der Waals surface area contributed by atoms with E-state index in [1.54, 1.807) is 0 Å². The van der Waals surface area contributed by atoms with Crippen molar-refractivity contribution >= 4 is 41.1 Å². The summed E-state index contributed by atoms with van der Waals surface area (Å²) in [6.07, 6.45) is -0.630. The lowest BCUT2D eigenvalue weighted by atomic mass is 10.0. The predicted octanol–water partition coefficient (Wildman–Crippen LogP) is 3.23. The number of hydrogen-bond donors (Lipinski definition) is 1. The topological polar surface area (TPSA) is 75.7 Å². The summed E-state index contributed by atoms with van der Waals surface area (Å²) in [6, 6.07) is 18.2. The van der Waals surface area contributed by atoms with Gasteiger partial charge in [-0.15, -0.1) is 23.4 Å². The van der Waals surface area contributed by atoms with Crippen LogP contribution in [0.25, 0.3) is 0 Å². The molecule has 2 atom stereocenters. The van der Waals surface area contributed by atoms with E-state index in [-0.39, 0.29) is 28.8 Å². The minimum atomic E-state index is -0.652. The Morgan fingerprint density at radius 3 is 2.23 bits per heavy atom. The lowest BCUT2D eigenvalue weighted by Gasteiger charge is -2.49. The largest absolute Gasteiger partial charge is 0.448 e. The van der Waals surface area contributed by atoms with E-state index >= 15 is 0 Å². The summed E-state index contributed by atoms with van der Waals surface area (Å²) >= 11 is 7.58. The van der Waals surface area contributed by atoms with Crippen LogP contribution in [0.3, 0.4) is 0 Å². The van der Waals surface area contributed by atoms with Gasteiger partial charge in [0.25, 0.3) is 5.91 Å². The van der Waals surface area contributed by atoms with E-state index in [0.717, 1.165) is 11.1 Å². The molecule has 0 bridgehead atoms. The number of carbonyl (C=O) groups excluding carboxylic acids is 3. The maximum atomic E-state index is 13.4. The number of fused-ring (bicyclic) bond motifs is 1. The molecule has 2 aromatic carbocycles. The Hall–Kier alpha value is -2.77. The van der Waals surface area contributed by atoms with Crippen molar-refractivity contribution in [2.45, 2.75) is 24.4 Å². The number of carbonyl (C=O) groups is 3. The average molecular weight is 457 g/mol. The molecule has 1 N–H and O–H groups in total. The van der Waals surface area contributed by atoms with E-state index in [9.17, 15) is 14.4 Å². The number of thioether (sulfide) groups is 1. The van der Waals surface area contributed by atoms with Crippen LogP contribution in [0.1, 0.15) is 24.2 Å². The van der Waals surface area contributed by atoms with E-state index in [2.05, 4.69) is 5.32 Å². The number of esters is 1. The highest BCUT2D eigenvalue weighted by Gasteiger charge is 2.54. The molecule has 4 rings (SSSR count). The minimum absolute atomic E-state index is 0.111. The number of nitrogens with one attached hydrogen (secondary N) is 1. The van der Waals surface area contributed by atoms with Crippen LogP contribution in [-0.4, -0.2) is 45.7 Å². The van der Waals surface area contributed by atoms with Crippen LogP contribution in [0.5, 0.6) is 0 Å². The highest BCUT2D eigenvalue weighted by molar-refractivity contribution is 8.00. The van der Waals surface area contributed by atoms with Crippen molar-refractivity contribution in [3.8, 4) is 0 Å². The fraction of sp³-hybridized carbons (Fsp3) is 0.261. The smallest absolute Gasteiger partial charge is 0.356 e. The molecule has 0 saturated carbocycles. The van der Waals surface area contributed by atoms with Crippen molar-refractivity contribution < 1.29 is 19.1 Å². The SMILES string of the molecule is CC(=O)N[C@@H]1C(=O)N2C(C(=O)OC(c3ccccc3)c3ccccc3)=C(CCl)CS[C@H]12. The Bertz CT molecular complexity index is 989. The monoisotopic (exact) mass is 456 g/mol. The van der Waals surface area contributed by atoms with E-state index in [1.165, 1.54) is 23.6 Å². The summed E-state index contributed by atoms with van der Waals surface area (Å²) in [4.78, 5) is 39.0. The maximum absolute atomic E-state index is 13.4. The number of benzene rings is 2. The third-order valence-corrected chi connectivity index (χ3v) is 6.85. The summed E-state index contributed by atoms with van der Waals surface area (Å²) in [5.41, 5.74) is 2.47. The molecule has 0 aromatic heterocycles. The molecule has 6 nitrogen and oxygen atoms in total. The van der Waals surface area contributed by atoms with Gasteiger partial charge < -0.3 is 10.1 Å². The van der Waals surface area contributed by atoms with Gasteiger partial charge in [-0.2, -0.15) is 0 Å². The summed E-state index contributed by atoms with van der Waals surface area (Å²) in [6.45, 7) is 1.36. The van der Waals surface area contributed by atoms with E-state index in [1.807, 2.05) is 60.7 Å². The minimum Gasteiger partial charge on any atom is -0.448 e. The molecule has 0 spiro atoms. The van der Waals surface area contributed by atoms with Crippen molar-refractivity contribution in [2.75, 3.05) is 11.6 Å². The second-order valence-corrected chi connectivity index (χ2v) is 8.65. The van der Waals surface area contributed by atoms with Crippen LogP contribution in [0, 0.1) is 0 Å². The van der Waals surface area contributed by atoms with E-state index in [0.29, 0.717) is 11.3 Å². The third kappa shape index (κ3) is 4.20. The van der Waals surface area contributed by atoms with Gasteiger partial charge in [-0.05, 0) is 16.7 Å². The van der Waals surface area contributed by atoms with Gasteiger partial charge in [0.15, 0.2) is 6.10 Å². The molecule has 0 radical (unpaired) electrons. The molecule has 0 unspecified atom stereocenters. The average Bonchev–Trinajstić information content (AvgIpc) is 2.80. The van der Waals surface area contributed by atoms with Gasteiger partial charge in [-0.1, -0.05) is 60.7 Å².